The van der Waals surface area contributed by atoms with Crippen molar-refractivity contribution in [3.8, 4) is 0 Å². The molecule has 0 aliphatic heterocycles. The van der Waals surface area contributed by atoms with Gasteiger partial charge in [-0.15, -0.1) is 0 Å². The van der Waals surface area contributed by atoms with E-state index in [1.165, 1.54) is 18.2 Å². The highest BCUT2D eigenvalue weighted by Gasteiger charge is 2.14. The Morgan fingerprint density at radius 3 is 2.29 bits per heavy atom. The summed E-state index contributed by atoms with van der Waals surface area (Å²) in [5.41, 5.74) is 2.71. The van der Waals surface area contributed by atoms with E-state index in [4.69, 9.17) is 26.7 Å². The minimum absolute atomic E-state index is 0.0517. The Hall–Kier alpha value is -2.06. The third-order valence-electron chi connectivity index (χ3n) is 3.65. The molecule has 1 amide bonds. The highest BCUT2D eigenvalue weighted by atomic mass is 35.5. The highest BCUT2D eigenvalue weighted by Crippen LogP contribution is 2.14. The van der Waals surface area contributed by atoms with Gasteiger partial charge in [-0.3, -0.25) is 10.0 Å². The number of hydrogen-bond acceptors (Lipinski definition) is 4. The van der Waals surface area contributed by atoms with Crippen molar-refractivity contribution in [2.45, 2.75) is 31.8 Å². The number of rotatable bonds is 9. The third kappa shape index (κ3) is 10.9. The molecule has 0 aromatic heterocycles. The van der Waals surface area contributed by atoms with Gasteiger partial charge in [-0.05, 0) is 49.1 Å². The average Bonchev–Trinajstić information content (AvgIpc) is 2.67. The topological polar surface area (TPSA) is 78.8 Å². The lowest BCUT2D eigenvalue weighted by atomic mass is 10.0. The maximum absolute atomic E-state index is 11.9. The number of amides is 1. The Morgan fingerprint density at radius 2 is 1.79 bits per heavy atom. The SMILES string of the molecule is Fc1cccc(F)c1.O=C(CC(CCc1ccc(Cl)cc1)OCCCO)NO. The van der Waals surface area contributed by atoms with E-state index in [0.29, 0.717) is 24.5 Å². The van der Waals surface area contributed by atoms with Gasteiger partial charge in [-0.1, -0.05) is 29.8 Å². The molecular weight excluding hydrogens is 392 g/mol. The van der Waals surface area contributed by atoms with Crippen LogP contribution in [0, 0.1) is 11.6 Å². The number of halogens is 3. The number of hydrogen-bond donors (Lipinski definition) is 3. The molecule has 0 aliphatic rings. The summed E-state index contributed by atoms with van der Waals surface area (Å²) in [5, 5.41) is 18.0. The smallest absolute Gasteiger partial charge is 0.245 e. The van der Waals surface area contributed by atoms with Crippen LogP contribution in [0.4, 0.5) is 8.78 Å². The Morgan fingerprint density at radius 1 is 1.14 bits per heavy atom. The lowest BCUT2D eigenvalue weighted by Gasteiger charge is -2.16. The van der Waals surface area contributed by atoms with Gasteiger partial charge in [-0.25, -0.2) is 14.3 Å². The number of carbonyl (C=O) groups excluding carboxylic acids is 1. The van der Waals surface area contributed by atoms with Crippen LogP contribution in [0.1, 0.15) is 24.8 Å². The fourth-order valence-electron chi connectivity index (χ4n) is 2.25. The van der Waals surface area contributed by atoms with Crippen LogP contribution in [0.3, 0.4) is 0 Å². The van der Waals surface area contributed by atoms with Gasteiger partial charge in [0.05, 0.1) is 12.5 Å². The molecule has 2 aromatic rings. The maximum Gasteiger partial charge on any atom is 0.245 e. The zero-order valence-corrected chi connectivity index (χ0v) is 16.0. The second-order valence-corrected chi connectivity index (χ2v) is 6.35. The van der Waals surface area contributed by atoms with E-state index >= 15 is 0 Å². The van der Waals surface area contributed by atoms with E-state index < -0.39 is 17.5 Å². The van der Waals surface area contributed by atoms with Gasteiger partial charge in [0.15, 0.2) is 0 Å². The standard InChI is InChI=1S/C14H20ClNO4.C6H4F2/c15-12-5-2-11(3-6-12)4-7-13(10-14(18)16-19)20-9-1-8-17;7-5-2-1-3-6(8)4-5/h2-3,5-6,13,17,19H,1,4,7-10H2,(H,16,18);1-4H. The molecule has 1 unspecified atom stereocenters. The number of benzene rings is 2. The molecule has 2 aromatic carbocycles. The van der Waals surface area contributed by atoms with Gasteiger partial charge in [-0.2, -0.15) is 0 Å². The van der Waals surface area contributed by atoms with Crippen molar-refractivity contribution in [1.82, 2.24) is 5.48 Å². The van der Waals surface area contributed by atoms with Crippen LogP contribution < -0.4 is 5.48 Å². The van der Waals surface area contributed by atoms with Crippen molar-refractivity contribution in [2.75, 3.05) is 13.2 Å². The van der Waals surface area contributed by atoms with E-state index in [2.05, 4.69) is 0 Å². The average molecular weight is 416 g/mol. The molecule has 0 radical (unpaired) electrons. The summed E-state index contributed by atoms with van der Waals surface area (Å²) in [5.74, 6) is -1.55. The molecule has 5 nitrogen and oxygen atoms in total. The van der Waals surface area contributed by atoms with E-state index in [0.717, 1.165) is 18.1 Å². The number of aryl methyl sites for hydroxylation is 1. The molecule has 154 valence electrons. The minimum atomic E-state index is -0.537. The first kappa shape index (κ1) is 24.0. The predicted molar refractivity (Wildman–Crippen MR) is 102 cm³/mol. The van der Waals surface area contributed by atoms with Crippen LogP contribution in [0.5, 0.6) is 0 Å². The number of aliphatic hydroxyl groups excluding tert-OH is 1. The second kappa shape index (κ2) is 14.0. The van der Waals surface area contributed by atoms with Crippen LogP contribution in [-0.4, -0.2) is 35.5 Å². The molecule has 28 heavy (non-hydrogen) atoms. The lowest BCUT2D eigenvalue weighted by Crippen LogP contribution is -2.27. The van der Waals surface area contributed by atoms with Gasteiger partial charge in [0.25, 0.3) is 0 Å². The van der Waals surface area contributed by atoms with Gasteiger partial charge in [0, 0.05) is 24.3 Å². The van der Waals surface area contributed by atoms with Crippen molar-refractivity contribution in [3.05, 3.63) is 70.8 Å². The fourth-order valence-corrected chi connectivity index (χ4v) is 2.38. The van der Waals surface area contributed by atoms with Crippen LogP contribution in [0.15, 0.2) is 48.5 Å². The van der Waals surface area contributed by atoms with E-state index in [9.17, 15) is 13.6 Å². The number of carbonyl (C=O) groups is 1. The Labute approximate surface area is 167 Å². The largest absolute Gasteiger partial charge is 0.396 e. The van der Waals surface area contributed by atoms with Crippen molar-refractivity contribution in [3.63, 3.8) is 0 Å². The zero-order valence-electron chi connectivity index (χ0n) is 15.3. The molecule has 0 bridgehead atoms. The van der Waals surface area contributed by atoms with Crippen LogP contribution in [0.25, 0.3) is 0 Å². The van der Waals surface area contributed by atoms with E-state index in [-0.39, 0.29) is 19.1 Å². The molecule has 3 N–H and O–H groups in total. The molecular formula is C20H24ClF2NO4. The Bertz CT molecular complexity index is 684. The van der Waals surface area contributed by atoms with E-state index in [1.807, 2.05) is 24.3 Å². The maximum atomic E-state index is 11.9. The van der Waals surface area contributed by atoms with Crippen molar-refractivity contribution < 1.29 is 28.6 Å². The molecule has 8 heteroatoms. The van der Waals surface area contributed by atoms with Crippen molar-refractivity contribution in [1.29, 1.82) is 0 Å². The number of aliphatic hydroxyl groups is 1. The summed E-state index contributed by atoms with van der Waals surface area (Å²) in [4.78, 5) is 11.2. The highest BCUT2D eigenvalue weighted by molar-refractivity contribution is 6.30. The zero-order chi connectivity index (χ0) is 20.8. The molecule has 0 heterocycles. The minimum Gasteiger partial charge on any atom is -0.396 e. The monoisotopic (exact) mass is 415 g/mol. The van der Waals surface area contributed by atoms with Crippen LogP contribution in [0.2, 0.25) is 5.02 Å². The molecule has 0 spiro atoms. The molecule has 2 rings (SSSR count). The van der Waals surface area contributed by atoms with E-state index in [1.54, 1.807) is 5.48 Å². The molecule has 0 fully saturated rings. The van der Waals surface area contributed by atoms with Gasteiger partial charge in [0.1, 0.15) is 11.6 Å². The van der Waals surface area contributed by atoms with Crippen molar-refractivity contribution >= 4 is 17.5 Å². The Kier molecular flexibility index (Phi) is 12.0. The van der Waals surface area contributed by atoms with Crippen LogP contribution >= 0.6 is 11.6 Å². The van der Waals surface area contributed by atoms with Crippen LogP contribution in [-0.2, 0) is 16.0 Å². The molecule has 1 atom stereocenters. The number of hydroxylamine groups is 1. The van der Waals surface area contributed by atoms with Gasteiger partial charge in [0.2, 0.25) is 5.91 Å². The van der Waals surface area contributed by atoms with Gasteiger partial charge >= 0.3 is 0 Å². The van der Waals surface area contributed by atoms with Gasteiger partial charge < -0.3 is 9.84 Å². The summed E-state index contributed by atoms with van der Waals surface area (Å²) in [6.07, 6.45) is 1.73. The second-order valence-electron chi connectivity index (χ2n) is 5.91. The lowest BCUT2D eigenvalue weighted by molar-refractivity contribution is -0.132. The summed E-state index contributed by atoms with van der Waals surface area (Å²) < 4.78 is 29.4. The molecule has 0 saturated heterocycles. The normalized spacial score (nSPS) is 11.3. The quantitative estimate of drug-likeness (QED) is 0.330. The first-order valence-corrected chi connectivity index (χ1v) is 9.13. The fraction of sp³-hybridized carbons (Fsp3) is 0.350. The Balaban J connectivity index is 0.000000406. The predicted octanol–water partition coefficient (Wildman–Crippen LogP) is 3.90. The molecule has 0 saturated carbocycles. The summed E-state index contributed by atoms with van der Waals surface area (Å²) in [6.45, 7) is 0.441. The number of ether oxygens (including phenoxy) is 1. The van der Waals surface area contributed by atoms with Crippen molar-refractivity contribution in [2.24, 2.45) is 0 Å². The summed E-state index contributed by atoms with van der Waals surface area (Å²) in [7, 11) is 0. The molecule has 0 aliphatic carbocycles. The summed E-state index contributed by atoms with van der Waals surface area (Å²) >= 11 is 5.82. The summed E-state index contributed by atoms with van der Waals surface area (Å²) in [6, 6.07) is 12.0. The third-order valence-corrected chi connectivity index (χ3v) is 3.90. The first-order valence-electron chi connectivity index (χ1n) is 8.75. The number of nitrogens with one attached hydrogen (secondary N) is 1. The first-order chi connectivity index (χ1) is 13.4.